The van der Waals surface area contributed by atoms with Gasteiger partial charge in [0.05, 0.1) is 22.9 Å². The van der Waals surface area contributed by atoms with Crippen LogP contribution >= 0.6 is 0 Å². The molecule has 0 atom stereocenters. The molecule has 0 saturated carbocycles. The molecule has 10 heteroatoms. The minimum absolute atomic E-state index is 0.0621. The van der Waals surface area contributed by atoms with Crippen molar-refractivity contribution in [3.05, 3.63) is 95.3 Å². The van der Waals surface area contributed by atoms with Crippen molar-refractivity contribution in [3.8, 4) is 5.75 Å². The van der Waals surface area contributed by atoms with Gasteiger partial charge < -0.3 is 15.4 Å². The largest absolute Gasteiger partial charge is 0.494 e. The molecule has 0 saturated heterocycles. The lowest BCUT2D eigenvalue weighted by molar-refractivity contribution is -0.383. The predicted molar refractivity (Wildman–Crippen MR) is 130 cm³/mol. The van der Waals surface area contributed by atoms with Crippen molar-refractivity contribution < 1.29 is 9.66 Å². The van der Waals surface area contributed by atoms with Gasteiger partial charge in [0.1, 0.15) is 12.1 Å². The molecule has 0 bridgehead atoms. The van der Waals surface area contributed by atoms with E-state index in [0.717, 1.165) is 5.69 Å². The van der Waals surface area contributed by atoms with Crippen molar-refractivity contribution >= 4 is 40.1 Å². The summed E-state index contributed by atoms with van der Waals surface area (Å²) >= 11 is 0. The molecule has 0 aliphatic heterocycles. The summed E-state index contributed by atoms with van der Waals surface area (Å²) in [6.07, 6.45) is 1.26. The highest BCUT2D eigenvalue weighted by molar-refractivity contribution is 5.77. The van der Waals surface area contributed by atoms with Crippen LogP contribution in [0.25, 0.3) is 0 Å². The van der Waals surface area contributed by atoms with Gasteiger partial charge in [0.25, 0.3) is 0 Å². The smallest absolute Gasteiger partial charge is 0.353 e. The molecule has 4 rings (SSSR count). The van der Waals surface area contributed by atoms with Crippen molar-refractivity contribution in [2.24, 2.45) is 10.2 Å². The molecule has 2 N–H and O–H groups in total. The van der Waals surface area contributed by atoms with Gasteiger partial charge in [0.15, 0.2) is 0 Å². The molecule has 10 nitrogen and oxygen atoms in total. The van der Waals surface area contributed by atoms with Gasteiger partial charge >= 0.3 is 5.69 Å². The Morgan fingerprint density at radius 1 is 0.824 bits per heavy atom. The summed E-state index contributed by atoms with van der Waals surface area (Å²) in [4.78, 5) is 19.4. The number of nitro groups is 1. The summed E-state index contributed by atoms with van der Waals surface area (Å²) in [6.45, 7) is 2.45. The van der Waals surface area contributed by atoms with E-state index in [1.807, 2.05) is 37.3 Å². The van der Waals surface area contributed by atoms with Crippen LogP contribution in [0.15, 0.2) is 95.4 Å². The van der Waals surface area contributed by atoms with Crippen molar-refractivity contribution in [1.82, 2.24) is 9.97 Å². The normalized spacial score (nSPS) is 10.7. The molecule has 0 radical (unpaired) electrons. The van der Waals surface area contributed by atoms with Crippen LogP contribution in [-0.2, 0) is 0 Å². The van der Waals surface area contributed by atoms with Crippen LogP contribution < -0.4 is 15.4 Å². The predicted octanol–water partition coefficient (Wildman–Crippen LogP) is 6.69. The van der Waals surface area contributed by atoms with Crippen LogP contribution in [0.5, 0.6) is 5.75 Å². The van der Waals surface area contributed by atoms with E-state index in [-0.39, 0.29) is 17.3 Å². The van der Waals surface area contributed by atoms with E-state index < -0.39 is 4.92 Å². The Hall–Kier alpha value is -4.86. The summed E-state index contributed by atoms with van der Waals surface area (Å²) in [7, 11) is 0. The molecule has 0 fully saturated rings. The molecule has 1 heterocycles. The van der Waals surface area contributed by atoms with Crippen LogP contribution in [0.2, 0.25) is 0 Å². The molecule has 0 unspecified atom stereocenters. The van der Waals surface area contributed by atoms with E-state index in [1.54, 1.807) is 48.5 Å². The van der Waals surface area contributed by atoms with Crippen molar-refractivity contribution in [2.45, 2.75) is 6.92 Å². The van der Waals surface area contributed by atoms with Crippen LogP contribution in [-0.4, -0.2) is 21.5 Å². The van der Waals surface area contributed by atoms with Crippen molar-refractivity contribution in [2.75, 3.05) is 17.2 Å². The lowest BCUT2D eigenvalue weighted by Crippen LogP contribution is -2.05. The van der Waals surface area contributed by atoms with Crippen LogP contribution in [0.1, 0.15) is 6.92 Å². The zero-order valence-corrected chi connectivity index (χ0v) is 18.3. The number of nitrogens with zero attached hydrogens (tertiary/aromatic N) is 5. The maximum absolute atomic E-state index is 11.8. The number of nitrogens with one attached hydrogen (secondary N) is 2. The summed E-state index contributed by atoms with van der Waals surface area (Å²) in [5.74, 6) is 0.839. The van der Waals surface area contributed by atoms with E-state index >= 15 is 0 Å². The second-order valence-electron chi connectivity index (χ2n) is 6.97. The maximum Gasteiger partial charge on any atom is 0.353 e. The SMILES string of the molecule is CCOc1ccc(Nc2ncnc(Nc3ccc(N=Nc4ccccc4)cc3)c2[N+](=O)[O-])cc1. The molecule has 34 heavy (non-hydrogen) atoms. The van der Waals surface area contributed by atoms with Crippen molar-refractivity contribution in [3.63, 3.8) is 0 Å². The Balaban J connectivity index is 1.51. The van der Waals surface area contributed by atoms with Gasteiger partial charge in [-0.15, -0.1) is 0 Å². The Labute approximate surface area is 195 Å². The molecular weight excluding hydrogens is 434 g/mol. The van der Waals surface area contributed by atoms with Crippen LogP contribution in [0.4, 0.5) is 40.1 Å². The van der Waals surface area contributed by atoms with Gasteiger partial charge in [-0.2, -0.15) is 10.2 Å². The minimum Gasteiger partial charge on any atom is -0.494 e. The summed E-state index contributed by atoms with van der Waals surface area (Å²) in [6, 6.07) is 23.4. The average molecular weight is 455 g/mol. The first-order valence-electron chi connectivity index (χ1n) is 10.5. The summed E-state index contributed by atoms with van der Waals surface area (Å²) in [5.41, 5.74) is 2.35. The van der Waals surface area contributed by atoms with Crippen LogP contribution in [0, 0.1) is 10.1 Å². The van der Waals surface area contributed by atoms with Crippen molar-refractivity contribution in [1.29, 1.82) is 0 Å². The van der Waals surface area contributed by atoms with E-state index in [1.165, 1.54) is 6.33 Å². The fourth-order valence-corrected chi connectivity index (χ4v) is 3.03. The van der Waals surface area contributed by atoms with Gasteiger partial charge in [0, 0.05) is 11.4 Å². The fourth-order valence-electron chi connectivity index (χ4n) is 3.03. The van der Waals surface area contributed by atoms with Gasteiger partial charge in [0.2, 0.25) is 11.6 Å². The fraction of sp³-hybridized carbons (Fsp3) is 0.0833. The van der Waals surface area contributed by atoms with E-state index in [0.29, 0.717) is 29.4 Å². The number of hydrogen-bond donors (Lipinski definition) is 2. The third-order valence-electron chi connectivity index (χ3n) is 4.60. The van der Waals surface area contributed by atoms with E-state index in [4.69, 9.17) is 4.74 Å². The van der Waals surface area contributed by atoms with Crippen LogP contribution in [0.3, 0.4) is 0 Å². The first-order chi connectivity index (χ1) is 16.6. The molecule has 3 aromatic carbocycles. The molecule has 170 valence electrons. The lowest BCUT2D eigenvalue weighted by Gasteiger charge is -2.11. The summed E-state index contributed by atoms with van der Waals surface area (Å²) < 4.78 is 5.42. The minimum atomic E-state index is -0.526. The number of ether oxygens (including phenoxy) is 1. The third kappa shape index (κ3) is 5.68. The second kappa shape index (κ2) is 10.6. The standard InChI is InChI=1S/C24H21N7O3/c1-2-34-21-14-12-18(13-15-21)28-24-22(31(32)33)23(25-16-26-24)27-17-8-10-20(11-9-17)30-29-19-6-4-3-5-7-19/h3-16H,2H2,1H3,(H2,25,26,27,28). The van der Waals surface area contributed by atoms with Gasteiger partial charge in [-0.3, -0.25) is 10.1 Å². The number of anilines is 4. The molecule has 0 spiro atoms. The first kappa shape index (κ1) is 22.3. The third-order valence-corrected chi connectivity index (χ3v) is 4.60. The van der Waals surface area contributed by atoms with E-state index in [9.17, 15) is 10.1 Å². The Bertz CT molecular complexity index is 1280. The molecule has 0 aliphatic carbocycles. The highest BCUT2D eigenvalue weighted by atomic mass is 16.6. The first-order valence-corrected chi connectivity index (χ1v) is 10.5. The number of aromatic nitrogens is 2. The molecule has 1 aromatic heterocycles. The monoisotopic (exact) mass is 455 g/mol. The highest BCUT2D eigenvalue weighted by Crippen LogP contribution is 2.33. The number of azo groups is 1. The summed E-state index contributed by atoms with van der Waals surface area (Å²) in [5, 5.41) is 26.2. The molecule has 0 amide bonds. The second-order valence-corrected chi connectivity index (χ2v) is 6.97. The Morgan fingerprint density at radius 3 is 1.88 bits per heavy atom. The Kier molecular flexibility index (Phi) is 6.99. The molecular formula is C24H21N7O3. The highest BCUT2D eigenvalue weighted by Gasteiger charge is 2.23. The quantitative estimate of drug-likeness (QED) is 0.164. The van der Waals surface area contributed by atoms with E-state index in [2.05, 4.69) is 30.8 Å². The maximum atomic E-state index is 11.8. The number of benzene rings is 3. The topological polar surface area (TPSA) is 127 Å². The number of rotatable bonds is 9. The average Bonchev–Trinajstić information content (AvgIpc) is 2.85. The number of hydrogen-bond acceptors (Lipinski definition) is 9. The Morgan fingerprint density at radius 2 is 1.35 bits per heavy atom. The molecule has 0 aliphatic rings. The van der Waals surface area contributed by atoms with Gasteiger partial charge in [-0.05, 0) is 67.6 Å². The zero-order chi connectivity index (χ0) is 23.8. The zero-order valence-electron chi connectivity index (χ0n) is 18.3. The molecule has 4 aromatic rings. The van der Waals surface area contributed by atoms with Gasteiger partial charge in [-0.25, -0.2) is 9.97 Å². The van der Waals surface area contributed by atoms with Gasteiger partial charge in [-0.1, -0.05) is 18.2 Å². The lowest BCUT2D eigenvalue weighted by atomic mass is 10.2.